The van der Waals surface area contributed by atoms with Crippen molar-refractivity contribution >= 4 is 27.6 Å². The zero-order chi connectivity index (χ0) is 19.3. The smallest absolute Gasteiger partial charge is 0.339 e. The number of hydrogen-bond acceptors (Lipinski definition) is 7. The third-order valence-electron chi connectivity index (χ3n) is 3.38. The van der Waals surface area contributed by atoms with E-state index in [1.807, 2.05) is 6.07 Å². The Labute approximate surface area is 150 Å². The fraction of sp³-hybridized carbons (Fsp3) is 0.118. The number of carbonyl (C=O) groups excluding carboxylic acids is 2. The molecule has 0 aliphatic heterocycles. The summed E-state index contributed by atoms with van der Waals surface area (Å²) in [6.07, 6.45) is 0. The lowest BCUT2D eigenvalue weighted by Gasteiger charge is -2.10. The van der Waals surface area contributed by atoms with Gasteiger partial charge in [-0.2, -0.15) is 5.26 Å². The van der Waals surface area contributed by atoms with E-state index >= 15 is 0 Å². The topological polar surface area (TPSA) is 123 Å². The Morgan fingerprint density at radius 2 is 1.62 bits per heavy atom. The lowest BCUT2D eigenvalue weighted by molar-refractivity contribution is 0.0591. The highest BCUT2D eigenvalue weighted by Crippen LogP contribution is 2.20. The van der Waals surface area contributed by atoms with Crippen molar-refractivity contribution in [2.45, 2.75) is 4.90 Å². The molecule has 0 fully saturated rings. The summed E-state index contributed by atoms with van der Waals surface area (Å²) >= 11 is 0. The summed E-state index contributed by atoms with van der Waals surface area (Å²) < 4.78 is 36.3. The van der Waals surface area contributed by atoms with Crippen LogP contribution in [-0.4, -0.2) is 34.6 Å². The van der Waals surface area contributed by atoms with Crippen LogP contribution in [0.15, 0.2) is 47.4 Å². The normalized spacial score (nSPS) is 10.5. The van der Waals surface area contributed by atoms with E-state index in [0.717, 1.165) is 0 Å². The van der Waals surface area contributed by atoms with Crippen LogP contribution in [0, 0.1) is 11.3 Å². The molecule has 0 saturated carbocycles. The van der Waals surface area contributed by atoms with Gasteiger partial charge >= 0.3 is 11.9 Å². The molecule has 134 valence electrons. The van der Waals surface area contributed by atoms with Gasteiger partial charge in [0.2, 0.25) is 0 Å². The first-order valence-corrected chi connectivity index (χ1v) is 8.64. The zero-order valence-electron chi connectivity index (χ0n) is 13.8. The predicted octanol–water partition coefficient (Wildman–Crippen LogP) is 1.93. The number of nitrogens with one attached hydrogen (secondary N) is 1. The fourth-order valence-electron chi connectivity index (χ4n) is 2.09. The summed E-state index contributed by atoms with van der Waals surface area (Å²) in [5.74, 6) is -1.28. The van der Waals surface area contributed by atoms with Crippen LogP contribution in [-0.2, 0) is 19.5 Å². The summed E-state index contributed by atoms with van der Waals surface area (Å²) in [7, 11) is -1.55. The minimum absolute atomic E-state index is 0.0281. The first-order valence-electron chi connectivity index (χ1n) is 7.16. The fourth-order valence-corrected chi connectivity index (χ4v) is 3.14. The first-order chi connectivity index (χ1) is 12.3. The van der Waals surface area contributed by atoms with E-state index in [9.17, 15) is 18.0 Å². The van der Waals surface area contributed by atoms with Gasteiger partial charge in [-0.1, -0.05) is 0 Å². The molecule has 0 aliphatic rings. The molecule has 0 unspecified atom stereocenters. The van der Waals surface area contributed by atoms with Crippen LogP contribution in [0.25, 0.3) is 0 Å². The van der Waals surface area contributed by atoms with Crippen LogP contribution >= 0.6 is 0 Å². The highest BCUT2D eigenvalue weighted by Gasteiger charge is 2.18. The quantitative estimate of drug-likeness (QED) is 0.793. The molecule has 2 aromatic rings. The lowest BCUT2D eigenvalue weighted by atomic mass is 10.1. The van der Waals surface area contributed by atoms with E-state index in [0.29, 0.717) is 0 Å². The van der Waals surface area contributed by atoms with E-state index in [-0.39, 0.29) is 27.3 Å². The maximum absolute atomic E-state index is 12.4. The van der Waals surface area contributed by atoms with E-state index in [1.165, 1.54) is 56.7 Å². The molecule has 0 aromatic heterocycles. The number of anilines is 1. The van der Waals surface area contributed by atoms with Crippen molar-refractivity contribution in [1.82, 2.24) is 0 Å². The van der Waals surface area contributed by atoms with Gasteiger partial charge in [0, 0.05) is 0 Å². The second kappa shape index (κ2) is 7.67. The molecule has 0 heterocycles. The molecule has 8 nitrogen and oxygen atoms in total. The molecular weight excluding hydrogens is 360 g/mol. The average molecular weight is 374 g/mol. The second-order valence-corrected chi connectivity index (χ2v) is 6.67. The van der Waals surface area contributed by atoms with Crippen molar-refractivity contribution in [3.05, 3.63) is 59.2 Å². The van der Waals surface area contributed by atoms with Crippen LogP contribution in [0.4, 0.5) is 5.69 Å². The molecule has 2 aromatic carbocycles. The van der Waals surface area contributed by atoms with Crippen LogP contribution in [0.3, 0.4) is 0 Å². The summed E-state index contributed by atoms with van der Waals surface area (Å²) in [6, 6.07) is 10.8. The van der Waals surface area contributed by atoms with Gasteiger partial charge in [-0.25, -0.2) is 18.0 Å². The average Bonchev–Trinajstić information content (AvgIpc) is 2.66. The number of methoxy groups -OCH3 is 2. The monoisotopic (exact) mass is 374 g/mol. The SMILES string of the molecule is COC(=O)c1ccc(S(=O)(=O)Nc2ccc(C(=O)OC)c(C#N)c2)cc1. The summed E-state index contributed by atoms with van der Waals surface area (Å²) in [4.78, 5) is 22.9. The van der Waals surface area contributed by atoms with E-state index < -0.39 is 22.0 Å². The number of esters is 2. The molecule has 0 atom stereocenters. The number of sulfonamides is 1. The van der Waals surface area contributed by atoms with Crippen molar-refractivity contribution in [2.75, 3.05) is 18.9 Å². The van der Waals surface area contributed by atoms with Crippen molar-refractivity contribution < 1.29 is 27.5 Å². The van der Waals surface area contributed by atoms with Gasteiger partial charge in [0.05, 0.1) is 41.5 Å². The Kier molecular flexibility index (Phi) is 5.59. The maximum Gasteiger partial charge on any atom is 0.339 e. The molecule has 0 aliphatic carbocycles. The zero-order valence-corrected chi connectivity index (χ0v) is 14.7. The van der Waals surface area contributed by atoms with Crippen LogP contribution in [0.1, 0.15) is 26.3 Å². The van der Waals surface area contributed by atoms with Crippen molar-refractivity contribution in [2.24, 2.45) is 0 Å². The largest absolute Gasteiger partial charge is 0.465 e. The Bertz CT molecular complexity index is 991. The maximum atomic E-state index is 12.4. The van der Waals surface area contributed by atoms with Gasteiger partial charge in [0.15, 0.2) is 0 Å². The summed E-state index contributed by atoms with van der Waals surface area (Å²) in [5.41, 5.74) is 0.311. The van der Waals surface area contributed by atoms with Crippen LogP contribution in [0.5, 0.6) is 0 Å². The van der Waals surface area contributed by atoms with Crippen molar-refractivity contribution in [3.63, 3.8) is 0 Å². The van der Waals surface area contributed by atoms with E-state index in [1.54, 1.807) is 0 Å². The van der Waals surface area contributed by atoms with Gasteiger partial charge in [0.1, 0.15) is 6.07 Å². The molecule has 26 heavy (non-hydrogen) atoms. The standard InChI is InChI=1S/C17H14N2O6S/c1-24-16(20)11-3-6-14(7-4-11)26(22,23)19-13-5-8-15(17(21)25-2)12(9-13)10-18/h3-9,19H,1-2H3. The third kappa shape index (κ3) is 3.99. The summed E-state index contributed by atoms with van der Waals surface area (Å²) in [5, 5.41) is 9.13. The Hall–Kier alpha value is -3.38. The minimum Gasteiger partial charge on any atom is -0.465 e. The molecule has 0 amide bonds. The van der Waals surface area contributed by atoms with Gasteiger partial charge < -0.3 is 9.47 Å². The Morgan fingerprint density at radius 3 is 2.15 bits per heavy atom. The second-order valence-electron chi connectivity index (χ2n) is 4.99. The predicted molar refractivity (Wildman–Crippen MR) is 91.1 cm³/mol. The highest BCUT2D eigenvalue weighted by atomic mass is 32.2. The molecule has 0 radical (unpaired) electrons. The summed E-state index contributed by atoms with van der Waals surface area (Å²) in [6.45, 7) is 0. The van der Waals surface area contributed by atoms with Gasteiger partial charge in [-0.3, -0.25) is 4.72 Å². The van der Waals surface area contributed by atoms with Crippen molar-refractivity contribution in [3.8, 4) is 6.07 Å². The van der Waals surface area contributed by atoms with Gasteiger partial charge in [-0.05, 0) is 42.5 Å². The third-order valence-corrected chi connectivity index (χ3v) is 4.78. The number of carbonyl (C=O) groups is 2. The number of hydrogen-bond donors (Lipinski definition) is 1. The number of nitriles is 1. The van der Waals surface area contributed by atoms with Crippen LogP contribution < -0.4 is 4.72 Å². The van der Waals surface area contributed by atoms with E-state index in [2.05, 4.69) is 14.2 Å². The van der Waals surface area contributed by atoms with Gasteiger partial charge in [0.25, 0.3) is 10.0 Å². The molecule has 0 bridgehead atoms. The van der Waals surface area contributed by atoms with Gasteiger partial charge in [-0.15, -0.1) is 0 Å². The molecule has 0 spiro atoms. The van der Waals surface area contributed by atoms with E-state index in [4.69, 9.17) is 5.26 Å². The number of rotatable bonds is 5. The molecule has 9 heteroatoms. The lowest BCUT2D eigenvalue weighted by Crippen LogP contribution is -2.14. The first kappa shape index (κ1) is 19.0. The Morgan fingerprint density at radius 1 is 1.00 bits per heavy atom. The Balaban J connectivity index is 2.31. The number of benzene rings is 2. The minimum atomic E-state index is -3.95. The molecular formula is C17H14N2O6S. The number of ether oxygens (including phenoxy) is 2. The van der Waals surface area contributed by atoms with Crippen molar-refractivity contribution in [1.29, 1.82) is 5.26 Å². The molecule has 1 N–H and O–H groups in total. The highest BCUT2D eigenvalue weighted by molar-refractivity contribution is 7.92. The van der Waals surface area contributed by atoms with Crippen LogP contribution in [0.2, 0.25) is 0 Å². The number of nitrogens with zero attached hydrogens (tertiary/aromatic N) is 1. The molecule has 2 rings (SSSR count). The molecule has 0 saturated heterocycles.